The highest BCUT2D eigenvalue weighted by Crippen LogP contribution is 2.25. The van der Waals surface area contributed by atoms with Crippen molar-refractivity contribution in [2.45, 2.75) is 27.4 Å². The molecule has 4 nitrogen and oxygen atoms in total. The van der Waals surface area contributed by atoms with E-state index in [-0.39, 0.29) is 12.6 Å². The van der Waals surface area contributed by atoms with Crippen molar-refractivity contribution in [2.75, 3.05) is 5.73 Å². The molecule has 0 aliphatic heterocycles. The van der Waals surface area contributed by atoms with Crippen molar-refractivity contribution >= 4 is 11.7 Å². The van der Waals surface area contributed by atoms with Gasteiger partial charge in [0.1, 0.15) is 0 Å². The number of esters is 1. The highest BCUT2D eigenvalue weighted by Gasteiger charge is 2.24. The van der Waals surface area contributed by atoms with E-state index in [4.69, 9.17) is 15.6 Å². The lowest BCUT2D eigenvalue weighted by molar-refractivity contribution is -0.142. The summed E-state index contributed by atoms with van der Waals surface area (Å²) in [4.78, 5) is 11.6. The highest BCUT2D eigenvalue weighted by molar-refractivity contribution is 5.79. The van der Waals surface area contributed by atoms with Gasteiger partial charge in [-0.25, -0.2) is 0 Å². The van der Waals surface area contributed by atoms with Crippen LogP contribution in [-0.2, 0) is 11.4 Å². The standard InChI is InChI=1S/C12H17NO3/c1-12(2,3)11(15)16-10-5-4-8(7-14)6-9(10)13/h4-6,14H,7,13H2,1-3H3. The molecule has 1 aromatic carbocycles. The summed E-state index contributed by atoms with van der Waals surface area (Å²) in [5.41, 5.74) is 6.17. The first-order valence-corrected chi connectivity index (χ1v) is 5.06. The number of rotatable bonds is 2. The van der Waals surface area contributed by atoms with Gasteiger partial charge in [0, 0.05) is 0 Å². The molecule has 16 heavy (non-hydrogen) atoms. The number of carbonyl (C=O) groups is 1. The maximum absolute atomic E-state index is 11.6. The minimum Gasteiger partial charge on any atom is -0.424 e. The lowest BCUT2D eigenvalue weighted by Gasteiger charge is -2.17. The second kappa shape index (κ2) is 4.53. The molecule has 0 saturated heterocycles. The predicted octanol–water partition coefficient (Wildman–Crippen LogP) is 1.71. The summed E-state index contributed by atoms with van der Waals surface area (Å²) in [5, 5.41) is 8.90. The van der Waals surface area contributed by atoms with Gasteiger partial charge in [0.05, 0.1) is 17.7 Å². The van der Waals surface area contributed by atoms with Gasteiger partial charge in [-0.15, -0.1) is 0 Å². The number of nitrogen functional groups attached to an aromatic ring is 1. The fourth-order valence-electron chi connectivity index (χ4n) is 1.04. The largest absolute Gasteiger partial charge is 0.424 e. The second-order valence-corrected chi connectivity index (χ2v) is 4.67. The Bertz CT molecular complexity index is 394. The Morgan fingerprint density at radius 1 is 1.44 bits per heavy atom. The van der Waals surface area contributed by atoms with Crippen molar-refractivity contribution in [2.24, 2.45) is 5.41 Å². The van der Waals surface area contributed by atoms with Crippen LogP contribution < -0.4 is 10.5 Å². The Morgan fingerprint density at radius 2 is 2.06 bits per heavy atom. The molecule has 0 atom stereocenters. The number of carbonyl (C=O) groups excluding carboxylic acids is 1. The summed E-state index contributed by atoms with van der Waals surface area (Å²) >= 11 is 0. The van der Waals surface area contributed by atoms with Crippen LogP contribution in [0, 0.1) is 5.41 Å². The number of anilines is 1. The van der Waals surface area contributed by atoms with Gasteiger partial charge in [0.25, 0.3) is 0 Å². The molecule has 0 amide bonds. The fraction of sp³-hybridized carbons (Fsp3) is 0.417. The lowest BCUT2D eigenvalue weighted by atomic mass is 9.97. The Hall–Kier alpha value is -1.55. The topological polar surface area (TPSA) is 72.5 Å². The molecule has 0 radical (unpaired) electrons. The van der Waals surface area contributed by atoms with Gasteiger partial charge in [-0.2, -0.15) is 0 Å². The van der Waals surface area contributed by atoms with Gasteiger partial charge >= 0.3 is 5.97 Å². The van der Waals surface area contributed by atoms with E-state index in [1.165, 1.54) is 0 Å². The van der Waals surface area contributed by atoms with E-state index in [1.807, 2.05) is 0 Å². The zero-order valence-corrected chi connectivity index (χ0v) is 9.78. The first kappa shape index (κ1) is 12.5. The first-order chi connectivity index (χ1) is 7.34. The van der Waals surface area contributed by atoms with Crippen LogP contribution in [0.25, 0.3) is 0 Å². The van der Waals surface area contributed by atoms with E-state index < -0.39 is 5.41 Å². The third-order valence-corrected chi connectivity index (χ3v) is 2.07. The third kappa shape index (κ3) is 2.97. The summed E-state index contributed by atoms with van der Waals surface area (Å²) in [6.07, 6.45) is 0. The van der Waals surface area contributed by atoms with E-state index in [1.54, 1.807) is 39.0 Å². The lowest BCUT2D eigenvalue weighted by Crippen LogP contribution is -2.25. The van der Waals surface area contributed by atoms with Crippen LogP contribution in [0.5, 0.6) is 5.75 Å². The molecule has 0 saturated carbocycles. The van der Waals surface area contributed by atoms with Crippen molar-refractivity contribution in [1.82, 2.24) is 0 Å². The zero-order valence-electron chi connectivity index (χ0n) is 9.78. The molecule has 0 spiro atoms. The van der Waals surface area contributed by atoms with Crippen molar-refractivity contribution in [3.8, 4) is 5.75 Å². The van der Waals surface area contributed by atoms with Gasteiger partial charge in [0.15, 0.2) is 5.75 Å². The molecular formula is C12H17NO3. The van der Waals surface area contributed by atoms with Crippen LogP contribution in [0.4, 0.5) is 5.69 Å². The van der Waals surface area contributed by atoms with E-state index >= 15 is 0 Å². The minimum absolute atomic E-state index is 0.0856. The number of nitrogens with two attached hydrogens (primary N) is 1. The van der Waals surface area contributed by atoms with E-state index in [2.05, 4.69) is 0 Å². The summed E-state index contributed by atoms with van der Waals surface area (Å²) in [6, 6.07) is 4.84. The van der Waals surface area contributed by atoms with Crippen molar-refractivity contribution in [1.29, 1.82) is 0 Å². The smallest absolute Gasteiger partial charge is 0.316 e. The Balaban J connectivity index is 2.87. The molecule has 3 N–H and O–H groups in total. The van der Waals surface area contributed by atoms with Gasteiger partial charge in [-0.05, 0) is 38.5 Å². The van der Waals surface area contributed by atoms with Crippen LogP contribution in [0.2, 0.25) is 0 Å². The summed E-state index contributed by atoms with van der Waals surface area (Å²) in [7, 11) is 0. The van der Waals surface area contributed by atoms with E-state index in [0.717, 1.165) is 0 Å². The van der Waals surface area contributed by atoms with Gasteiger partial charge in [-0.1, -0.05) is 6.07 Å². The van der Waals surface area contributed by atoms with Gasteiger partial charge < -0.3 is 15.6 Å². The van der Waals surface area contributed by atoms with Gasteiger partial charge in [0.2, 0.25) is 0 Å². The number of hydrogen-bond acceptors (Lipinski definition) is 4. The fourth-order valence-corrected chi connectivity index (χ4v) is 1.04. The van der Waals surface area contributed by atoms with Gasteiger partial charge in [-0.3, -0.25) is 4.79 Å². The maximum Gasteiger partial charge on any atom is 0.316 e. The quantitative estimate of drug-likeness (QED) is 0.455. The number of aliphatic hydroxyl groups excluding tert-OH is 1. The molecule has 0 heterocycles. The second-order valence-electron chi connectivity index (χ2n) is 4.67. The molecule has 1 rings (SSSR count). The van der Waals surface area contributed by atoms with E-state index in [0.29, 0.717) is 17.0 Å². The number of ether oxygens (including phenoxy) is 1. The summed E-state index contributed by atoms with van der Waals surface area (Å²) < 4.78 is 5.16. The molecule has 0 unspecified atom stereocenters. The van der Waals surface area contributed by atoms with Crippen LogP contribution in [0.1, 0.15) is 26.3 Å². The average molecular weight is 223 g/mol. The SMILES string of the molecule is CC(C)(C)C(=O)Oc1ccc(CO)cc1N. The van der Waals surface area contributed by atoms with Crippen LogP contribution in [-0.4, -0.2) is 11.1 Å². The molecule has 0 aromatic heterocycles. The predicted molar refractivity (Wildman–Crippen MR) is 61.9 cm³/mol. The zero-order chi connectivity index (χ0) is 12.3. The van der Waals surface area contributed by atoms with Crippen molar-refractivity contribution in [3.05, 3.63) is 23.8 Å². The Morgan fingerprint density at radius 3 is 2.50 bits per heavy atom. The molecule has 88 valence electrons. The first-order valence-electron chi connectivity index (χ1n) is 5.06. The Labute approximate surface area is 95.0 Å². The van der Waals surface area contributed by atoms with E-state index in [9.17, 15) is 4.79 Å². The highest BCUT2D eigenvalue weighted by atomic mass is 16.5. The number of aliphatic hydroxyl groups is 1. The molecule has 0 fully saturated rings. The van der Waals surface area contributed by atoms with Crippen molar-refractivity contribution in [3.63, 3.8) is 0 Å². The van der Waals surface area contributed by atoms with Crippen LogP contribution in [0.15, 0.2) is 18.2 Å². The van der Waals surface area contributed by atoms with Crippen LogP contribution >= 0.6 is 0 Å². The Kier molecular flexibility index (Phi) is 3.55. The summed E-state index contributed by atoms with van der Waals surface area (Å²) in [5.74, 6) is -0.00641. The van der Waals surface area contributed by atoms with Crippen LogP contribution in [0.3, 0.4) is 0 Å². The minimum atomic E-state index is -0.567. The average Bonchev–Trinajstić information content (AvgIpc) is 2.19. The van der Waals surface area contributed by atoms with Crippen molar-refractivity contribution < 1.29 is 14.6 Å². The third-order valence-electron chi connectivity index (χ3n) is 2.07. The molecule has 1 aromatic rings. The molecule has 0 aliphatic carbocycles. The monoisotopic (exact) mass is 223 g/mol. The summed E-state index contributed by atoms with van der Waals surface area (Å²) in [6.45, 7) is 5.23. The molecule has 4 heteroatoms. The molecule has 0 bridgehead atoms. The number of benzene rings is 1. The number of hydrogen-bond donors (Lipinski definition) is 2. The maximum atomic E-state index is 11.6. The molecule has 0 aliphatic rings. The normalized spacial score (nSPS) is 11.2. The molecular weight excluding hydrogens is 206 g/mol.